The van der Waals surface area contributed by atoms with Gasteiger partial charge < -0.3 is 10.1 Å². The molecule has 1 aliphatic carbocycles. The molecule has 1 aliphatic rings. The summed E-state index contributed by atoms with van der Waals surface area (Å²) in [4.78, 5) is 14.7. The summed E-state index contributed by atoms with van der Waals surface area (Å²) >= 11 is 6.03. The maximum absolute atomic E-state index is 12.5. The Kier molecular flexibility index (Phi) is 5.61. The van der Waals surface area contributed by atoms with Crippen LogP contribution in [0.4, 0.5) is 5.69 Å². The number of hydrogen-bond donors (Lipinski definition) is 1. The van der Waals surface area contributed by atoms with Crippen LogP contribution >= 0.6 is 11.6 Å². The number of nitrogens with zero attached hydrogens (tertiary/aromatic N) is 1. The van der Waals surface area contributed by atoms with Crippen LogP contribution in [0.2, 0.25) is 5.02 Å². The third kappa shape index (κ3) is 4.97. The number of hydrogen-bond acceptors (Lipinski definition) is 3. The van der Waals surface area contributed by atoms with Crippen LogP contribution in [-0.4, -0.2) is 30.5 Å². The molecule has 2 aromatic rings. The Morgan fingerprint density at radius 3 is 2.60 bits per heavy atom. The summed E-state index contributed by atoms with van der Waals surface area (Å²) in [5.74, 6) is 0.835. The van der Waals surface area contributed by atoms with Crippen LogP contribution < -0.4 is 10.1 Å². The number of carbonyl (C=O) groups is 1. The highest BCUT2D eigenvalue weighted by Crippen LogP contribution is 2.29. The number of methoxy groups -OCH3 is 1. The Morgan fingerprint density at radius 2 is 1.96 bits per heavy atom. The topological polar surface area (TPSA) is 41.6 Å². The first-order chi connectivity index (χ1) is 12.0. The zero-order chi connectivity index (χ0) is 17.8. The number of nitrogens with one attached hydrogen (secondary N) is 1. The van der Waals surface area contributed by atoms with Gasteiger partial charge in [-0.1, -0.05) is 29.8 Å². The molecular formula is C20H23ClN2O2. The number of aryl methyl sites for hydroxylation is 1. The molecule has 0 heterocycles. The predicted octanol–water partition coefficient (Wildman–Crippen LogP) is 4.26. The van der Waals surface area contributed by atoms with E-state index in [9.17, 15) is 4.79 Å². The molecule has 0 bridgehead atoms. The first-order valence-electron chi connectivity index (χ1n) is 8.48. The highest BCUT2D eigenvalue weighted by atomic mass is 35.5. The highest BCUT2D eigenvalue weighted by molar-refractivity contribution is 6.31. The maximum atomic E-state index is 12.5. The van der Waals surface area contributed by atoms with E-state index >= 15 is 0 Å². The number of carbonyl (C=O) groups excluding carboxylic acids is 1. The molecule has 5 heteroatoms. The second-order valence-electron chi connectivity index (χ2n) is 6.49. The largest absolute Gasteiger partial charge is 0.497 e. The van der Waals surface area contributed by atoms with Crippen LogP contribution in [0.3, 0.4) is 0 Å². The van der Waals surface area contributed by atoms with Crippen LogP contribution in [0.25, 0.3) is 0 Å². The Balaban J connectivity index is 1.63. The predicted molar refractivity (Wildman–Crippen MR) is 101 cm³/mol. The van der Waals surface area contributed by atoms with E-state index in [0.717, 1.165) is 36.4 Å². The average Bonchev–Trinajstić information content (AvgIpc) is 3.43. The summed E-state index contributed by atoms with van der Waals surface area (Å²) in [5, 5.41) is 3.61. The lowest BCUT2D eigenvalue weighted by atomic mass is 10.2. The highest BCUT2D eigenvalue weighted by Gasteiger charge is 2.30. The maximum Gasteiger partial charge on any atom is 0.238 e. The fraction of sp³-hybridized carbons (Fsp3) is 0.350. The summed E-state index contributed by atoms with van der Waals surface area (Å²) < 4.78 is 5.20. The lowest BCUT2D eigenvalue weighted by molar-refractivity contribution is -0.117. The molecule has 0 aliphatic heterocycles. The van der Waals surface area contributed by atoms with Crippen molar-refractivity contribution in [3.05, 3.63) is 58.6 Å². The molecule has 1 fully saturated rings. The van der Waals surface area contributed by atoms with Gasteiger partial charge in [-0.2, -0.15) is 0 Å². The van der Waals surface area contributed by atoms with E-state index in [1.165, 1.54) is 5.56 Å². The van der Waals surface area contributed by atoms with E-state index in [1.54, 1.807) is 13.2 Å². The second-order valence-corrected chi connectivity index (χ2v) is 6.93. The van der Waals surface area contributed by atoms with Crippen LogP contribution in [0.1, 0.15) is 24.0 Å². The van der Waals surface area contributed by atoms with Crippen molar-refractivity contribution in [2.45, 2.75) is 32.4 Å². The van der Waals surface area contributed by atoms with E-state index in [0.29, 0.717) is 17.6 Å². The standard InChI is InChI=1S/C20H23ClN2O2/c1-14-3-6-16(21)11-19(14)22-20(24)13-23(17-7-8-17)12-15-4-9-18(25-2)10-5-15/h3-6,9-11,17H,7-8,12-13H2,1-2H3,(H,22,24). The molecule has 3 rings (SSSR count). The first-order valence-corrected chi connectivity index (χ1v) is 8.86. The van der Waals surface area contributed by atoms with Gasteiger partial charge in [0.2, 0.25) is 5.91 Å². The molecule has 132 valence electrons. The molecule has 1 N–H and O–H groups in total. The van der Waals surface area contributed by atoms with Crippen molar-refractivity contribution in [1.82, 2.24) is 4.90 Å². The number of anilines is 1. The van der Waals surface area contributed by atoms with Crippen molar-refractivity contribution in [2.24, 2.45) is 0 Å². The van der Waals surface area contributed by atoms with Gasteiger partial charge in [0.15, 0.2) is 0 Å². The molecule has 0 radical (unpaired) electrons. The number of ether oxygens (including phenoxy) is 1. The first kappa shape index (κ1) is 17.8. The molecule has 25 heavy (non-hydrogen) atoms. The fourth-order valence-electron chi connectivity index (χ4n) is 2.82. The van der Waals surface area contributed by atoms with Crippen LogP contribution in [-0.2, 0) is 11.3 Å². The Morgan fingerprint density at radius 1 is 1.24 bits per heavy atom. The third-order valence-electron chi connectivity index (χ3n) is 4.43. The molecule has 1 saturated carbocycles. The zero-order valence-corrected chi connectivity index (χ0v) is 15.3. The van der Waals surface area contributed by atoms with Gasteiger partial charge in [0.05, 0.1) is 13.7 Å². The number of halogens is 1. The van der Waals surface area contributed by atoms with Crippen molar-refractivity contribution in [2.75, 3.05) is 19.0 Å². The summed E-state index contributed by atoms with van der Waals surface area (Å²) in [5.41, 5.74) is 2.96. The minimum absolute atomic E-state index is 0.00854. The minimum atomic E-state index is -0.00854. The molecule has 0 saturated heterocycles. The third-order valence-corrected chi connectivity index (χ3v) is 4.66. The van der Waals surface area contributed by atoms with Gasteiger partial charge in [-0.05, 0) is 55.2 Å². The van der Waals surface area contributed by atoms with Gasteiger partial charge in [0.25, 0.3) is 0 Å². The summed E-state index contributed by atoms with van der Waals surface area (Å²) in [6.07, 6.45) is 2.30. The van der Waals surface area contributed by atoms with Gasteiger partial charge in [-0.3, -0.25) is 9.69 Å². The molecule has 2 aromatic carbocycles. The van der Waals surface area contributed by atoms with E-state index in [1.807, 2.05) is 43.3 Å². The summed E-state index contributed by atoms with van der Waals surface area (Å²) in [6.45, 7) is 3.10. The Labute approximate surface area is 153 Å². The number of benzene rings is 2. The van der Waals surface area contributed by atoms with E-state index in [-0.39, 0.29) is 5.91 Å². The van der Waals surface area contributed by atoms with Crippen molar-refractivity contribution in [3.8, 4) is 5.75 Å². The smallest absolute Gasteiger partial charge is 0.238 e. The Hall–Kier alpha value is -2.04. The fourth-order valence-corrected chi connectivity index (χ4v) is 2.99. The Bertz CT molecular complexity index is 742. The van der Waals surface area contributed by atoms with Crippen molar-refractivity contribution >= 4 is 23.2 Å². The molecule has 1 amide bonds. The quantitative estimate of drug-likeness (QED) is 0.804. The molecular weight excluding hydrogens is 336 g/mol. The van der Waals surface area contributed by atoms with E-state index in [2.05, 4.69) is 10.2 Å². The lowest BCUT2D eigenvalue weighted by Gasteiger charge is -2.22. The number of rotatable bonds is 7. The molecule has 4 nitrogen and oxygen atoms in total. The summed E-state index contributed by atoms with van der Waals surface area (Å²) in [7, 11) is 1.66. The van der Waals surface area contributed by atoms with E-state index in [4.69, 9.17) is 16.3 Å². The number of amides is 1. The van der Waals surface area contributed by atoms with Gasteiger partial charge in [0, 0.05) is 23.3 Å². The monoisotopic (exact) mass is 358 g/mol. The lowest BCUT2D eigenvalue weighted by Crippen LogP contribution is -2.34. The van der Waals surface area contributed by atoms with Crippen molar-refractivity contribution in [3.63, 3.8) is 0 Å². The normalized spacial score (nSPS) is 13.8. The SMILES string of the molecule is COc1ccc(CN(CC(=O)Nc2cc(Cl)ccc2C)C2CC2)cc1. The summed E-state index contributed by atoms with van der Waals surface area (Å²) in [6, 6.07) is 14.0. The van der Waals surface area contributed by atoms with Crippen LogP contribution in [0.5, 0.6) is 5.75 Å². The van der Waals surface area contributed by atoms with Crippen molar-refractivity contribution in [1.29, 1.82) is 0 Å². The van der Waals surface area contributed by atoms with Crippen LogP contribution in [0, 0.1) is 6.92 Å². The average molecular weight is 359 g/mol. The molecule has 0 spiro atoms. The van der Waals surface area contributed by atoms with Gasteiger partial charge >= 0.3 is 0 Å². The minimum Gasteiger partial charge on any atom is -0.497 e. The van der Waals surface area contributed by atoms with E-state index < -0.39 is 0 Å². The molecule has 0 unspecified atom stereocenters. The second kappa shape index (κ2) is 7.89. The zero-order valence-electron chi connectivity index (χ0n) is 14.6. The van der Waals surface area contributed by atoms with Crippen LogP contribution in [0.15, 0.2) is 42.5 Å². The van der Waals surface area contributed by atoms with Crippen molar-refractivity contribution < 1.29 is 9.53 Å². The van der Waals surface area contributed by atoms with Gasteiger partial charge in [-0.15, -0.1) is 0 Å². The molecule has 0 aromatic heterocycles. The van der Waals surface area contributed by atoms with Gasteiger partial charge in [0.1, 0.15) is 5.75 Å². The molecule has 0 atom stereocenters. The van der Waals surface area contributed by atoms with Gasteiger partial charge in [-0.25, -0.2) is 0 Å².